The smallest absolute Gasteiger partial charge is 0.291 e. The molecule has 1 unspecified atom stereocenters. The summed E-state index contributed by atoms with van der Waals surface area (Å²) in [5, 5.41) is 24.8. The maximum atomic E-state index is 11.2. The quantitative estimate of drug-likeness (QED) is 0.546. The SMILES string of the molecule is CCC(O)C(CCN1CCOCC1)(c1ccccc1)c1ccccc1.O=[N+]([O-])O. The second kappa shape index (κ2) is 11.5. The number of benzene rings is 2. The lowest BCUT2D eigenvalue weighted by atomic mass is 9.67. The molecule has 0 spiro atoms. The number of morpholine rings is 1. The van der Waals surface area contributed by atoms with Gasteiger partial charge in [-0.05, 0) is 30.5 Å². The molecule has 1 heterocycles. The average Bonchev–Trinajstić information content (AvgIpc) is 2.76. The summed E-state index contributed by atoms with van der Waals surface area (Å²) in [6.07, 6.45) is 1.21. The van der Waals surface area contributed by atoms with Gasteiger partial charge in [-0.25, -0.2) is 0 Å². The van der Waals surface area contributed by atoms with E-state index in [0.29, 0.717) is 0 Å². The molecule has 7 nitrogen and oxygen atoms in total. The molecule has 3 rings (SSSR count). The second-order valence-electron chi connectivity index (χ2n) is 7.07. The maximum absolute atomic E-state index is 11.2. The van der Waals surface area contributed by atoms with Crippen molar-refractivity contribution >= 4 is 0 Å². The Morgan fingerprint density at radius 1 is 1.07 bits per heavy atom. The molecule has 1 aliphatic heterocycles. The molecule has 7 heteroatoms. The summed E-state index contributed by atoms with van der Waals surface area (Å²) in [5.41, 5.74) is 2.02. The van der Waals surface area contributed by atoms with Crippen LogP contribution < -0.4 is 0 Å². The molecular weight excluding hydrogens is 372 g/mol. The molecule has 1 aliphatic rings. The van der Waals surface area contributed by atoms with Crippen LogP contribution in [0.5, 0.6) is 0 Å². The van der Waals surface area contributed by atoms with E-state index in [1.165, 1.54) is 11.1 Å². The van der Waals surface area contributed by atoms with E-state index < -0.39 is 11.2 Å². The van der Waals surface area contributed by atoms with Gasteiger partial charge in [-0.15, -0.1) is 10.1 Å². The largest absolute Gasteiger partial charge is 0.392 e. The molecule has 2 aromatic carbocycles. The summed E-state index contributed by atoms with van der Waals surface area (Å²) < 4.78 is 5.48. The average molecular weight is 402 g/mol. The second-order valence-corrected chi connectivity index (χ2v) is 7.07. The fourth-order valence-corrected chi connectivity index (χ4v) is 3.99. The van der Waals surface area contributed by atoms with Crippen molar-refractivity contribution in [1.29, 1.82) is 0 Å². The Morgan fingerprint density at radius 3 is 1.93 bits per heavy atom. The van der Waals surface area contributed by atoms with Crippen LogP contribution in [0.1, 0.15) is 30.9 Å². The Hall–Kier alpha value is -2.48. The van der Waals surface area contributed by atoms with Gasteiger partial charge < -0.3 is 15.1 Å². The van der Waals surface area contributed by atoms with Crippen molar-refractivity contribution in [3.8, 4) is 0 Å². The van der Waals surface area contributed by atoms with Crippen LogP contribution in [0.4, 0.5) is 0 Å². The van der Waals surface area contributed by atoms with Crippen molar-refractivity contribution in [1.82, 2.24) is 4.90 Å². The summed E-state index contributed by atoms with van der Waals surface area (Å²) in [7, 11) is 0. The third kappa shape index (κ3) is 6.25. The van der Waals surface area contributed by atoms with Gasteiger partial charge in [0.2, 0.25) is 0 Å². The molecule has 158 valence electrons. The molecular formula is C22H30N2O5. The van der Waals surface area contributed by atoms with Crippen molar-refractivity contribution < 1.29 is 20.1 Å². The van der Waals surface area contributed by atoms with Crippen LogP contribution >= 0.6 is 0 Å². The van der Waals surface area contributed by atoms with Crippen LogP contribution in [0.25, 0.3) is 0 Å². The van der Waals surface area contributed by atoms with E-state index in [1.807, 2.05) is 12.1 Å². The summed E-state index contributed by atoms with van der Waals surface area (Å²) in [4.78, 5) is 10.8. The Kier molecular flexibility index (Phi) is 9.05. The van der Waals surface area contributed by atoms with Crippen LogP contribution in [0.2, 0.25) is 0 Å². The van der Waals surface area contributed by atoms with Gasteiger partial charge in [0.1, 0.15) is 0 Å². The lowest BCUT2D eigenvalue weighted by Crippen LogP contribution is -2.45. The number of hydrogen-bond acceptors (Lipinski definition) is 5. The summed E-state index contributed by atoms with van der Waals surface area (Å²) in [6.45, 7) is 6.59. The number of rotatable bonds is 7. The van der Waals surface area contributed by atoms with E-state index in [1.54, 1.807) is 0 Å². The molecule has 0 bridgehead atoms. The minimum Gasteiger partial charge on any atom is -0.392 e. The molecule has 1 fully saturated rings. The van der Waals surface area contributed by atoms with E-state index in [-0.39, 0.29) is 5.41 Å². The van der Waals surface area contributed by atoms with E-state index in [2.05, 4.69) is 60.4 Å². The zero-order chi connectivity index (χ0) is 21.1. The highest BCUT2D eigenvalue weighted by molar-refractivity contribution is 5.41. The van der Waals surface area contributed by atoms with E-state index >= 15 is 0 Å². The fourth-order valence-electron chi connectivity index (χ4n) is 3.99. The van der Waals surface area contributed by atoms with Crippen LogP contribution in [0.3, 0.4) is 0 Å². The van der Waals surface area contributed by atoms with Gasteiger partial charge in [0.25, 0.3) is 5.09 Å². The summed E-state index contributed by atoms with van der Waals surface area (Å²) in [6, 6.07) is 21.0. The highest BCUT2D eigenvalue weighted by Crippen LogP contribution is 2.40. The molecule has 0 radical (unpaired) electrons. The molecule has 2 aromatic rings. The monoisotopic (exact) mass is 402 g/mol. The Balaban J connectivity index is 0.000000687. The maximum Gasteiger partial charge on any atom is 0.291 e. The fraction of sp³-hybridized carbons (Fsp3) is 0.455. The van der Waals surface area contributed by atoms with Gasteiger partial charge >= 0.3 is 0 Å². The minimum atomic E-state index is -1.50. The number of aliphatic hydroxyl groups is 1. The summed E-state index contributed by atoms with van der Waals surface area (Å²) >= 11 is 0. The highest BCUT2D eigenvalue weighted by Gasteiger charge is 2.40. The highest BCUT2D eigenvalue weighted by atomic mass is 16.9. The third-order valence-corrected chi connectivity index (χ3v) is 5.46. The predicted octanol–water partition coefficient (Wildman–Crippen LogP) is 3.12. The van der Waals surface area contributed by atoms with Crippen molar-refractivity contribution in [2.45, 2.75) is 31.3 Å². The first-order valence-electron chi connectivity index (χ1n) is 9.93. The Morgan fingerprint density at radius 2 is 1.52 bits per heavy atom. The molecule has 0 amide bonds. The normalized spacial score (nSPS) is 15.8. The molecule has 29 heavy (non-hydrogen) atoms. The van der Waals surface area contributed by atoms with Crippen molar-refractivity contribution in [2.75, 3.05) is 32.8 Å². The van der Waals surface area contributed by atoms with Gasteiger partial charge in [-0.3, -0.25) is 4.90 Å². The number of hydrogen-bond donors (Lipinski definition) is 2. The first-order valence-corrected chi connectivity index (χ1v) is 9.93. The lowest BCUT2D eigenvalue weighted by Gasteiger charge is -2.41. The zero-order valence-corrected chi connectivity index (χ0v) is 16.8. The first kappa shape index (κ1) is 22.8. The van der Waals surface area contributed by atoms with Crippen molar-refractivity contribution in [3.05, 3.63) is 81.9 Å². The van der Waals surface area contributed by atoms with E-state index in [4.69, 9.17) is 20.1 Å². The van der Waals surface area contributed by atoms with Gasteiger partial charge in [0.05, 0.1) is 19.3 Å². The number of nitrogens with zero attached hydrogens (tertiary/aromatic N) is 2. The molecule has 0 aliphatic carbocycles. The molecule has 1 saturated heterocycles. The van der Waals surface area contributed by atoms with Crippen molar-refractivity contribution in [2.24, 2.45) is 0 Å². The van der Waals surface area contributed by atoms with Gasteiger partial charge in [-0.2, -0.15) is 0 Å². The topological polar surface area (TPSA) is 96.1 Å². The number of ether oxygens (including phenoxy) is 1. The number of aliphatic hydroxyl groups excluding tert-OH is 1. The van der Waals surface area contributed by atoms with E-state index in [9.17, 15) is 5.11 Å². The predicted molar refractivity (Wildman–Crippen MR) is 111 cm³/mol. The Bertz CT molecular complexity index is 677. The van der Waals surface area contributed by atoms with Crippen LogP contribution in [-0.4, -0.2) is 59.3 Å². The lowest BCUT2D eigenvalue weighted by molar-refractivity contribution is -0.742. The van der Waals surface area contributed by atoms with Crippen molar-refractivity contribution in [3.63, 3.8) is 0 Å². The molecule has 0 saturated carbocycles. The van der Waals surface area contributed by atoms with E-state index in [0.717, 1.165) is 45.7 Å². The van der Waals surface area contributed by atoms with Crippen LogP contribution in [0.15, 0.2) is 60.7 Å². The standard InChI is InChI=1S/C22H29NO2.HNO3/c1-2-21(24)22(19-9-5-3-6-10-19,20-11-7-4-8-12-20)13-14-23-15-17-25-18-16-23;2-1(3)4/h3-12,21,24H,2,13-18H2,1H3;(H,2,3,4). The first-order chi connectivity index (χ1) is 14.0. The zero-order valence-electron chi connectivity index (χ0n) is 16.8. The minimum absolute atomic E-state index is 0.379. The molecule has 2 N–H and O–H groups in total. The molecule has 1 atom stereocenters. The summed E-state index contributed by atoms with van der Waals surface area (Å²) in [5.74, 6) is 0. The van der Waals surface area contributed by atoms with Gasteiger partial charge in [-0.1, -0.05) is 67.6 Å². The third-order valence-electron chi connectivity index (χ3n) is 5.46. The van der Waals surface area contributed by atoms with Crippen LogP contribution in [-0.2, 0) is 10.2 Å². The van der Waals surface area contributed by atoms with Gasteiger partial charge in [0.15, 0.2) is 0 Å². The molecule has 0 aromatic heterocycles. The Labute approximate surface area is 171 Å². The van der Waals surface area contributed by atoms with Gasteiger partial charge in [0, 0.05) is 18.5 Å². The van der Waals surface area contributed by atoms with Crippen LogP contribution in [0, 0.1) is 10.1 Å².